The van der Waals surface area contributed by atoms with Crippen molar-refractivity contribution in [3.63, 3.8) is 0 Å². The van der Waals surface area contributed by atoms with Crippen molar-refractivity contribution in [1.82, 2.24) is 5.43 Å². The minimum absolute atomic E-state index is 0.114. The van der Waals surface area contributed by atoms with Crippen LogP contribution in [0.3, 0.4) is 0 Å². The van der Waals surface area contributed by atoms with Crippen LogP contribution in [0.4, 0.5) is 48.3 Å². The number of aliphatic hydroxyl groups is 1. The van der Waals surface area contributed by atoms with Gasteiger partial charge in [-0.05, 0) is 42.4 Å². The van der Waals surface area contributed by atoms with Crippen molar-refractivity contribution in [2.24, 2.45) is 26.8 Å². The van der Waals surface area contributed by atoms with Gasteiger partial charge in [-0.1, -0.05) is 20.8 Å². The average Bonchev–Trinajstić information content (AvgIpc) is 3.11. The van der Waals surface area contributed by atoms with Gasteiger partial charge in [-0.15, -0.1) is 0 Å². The summed E-state index contributed by atoms with van der Waals surface area (Å²) < 4.78 is 148. The number of nitrogens with zero attached hydrogens (tertiary/aromatic N) is 2. The number of hydrogen-bond acceptors (Lipinski definition) is 5. The molecule has 2 fully saturated rings. The summed E-state index contributed by atoms with van der Waals surface area (Å²) in [5.74, 6) is -14.3. The first-order chi connectivity index (χ1) is 14.5. The van der Waals surface area contributed by atoms with Crippen LogP contribution in [0.25, 0.3) is 0 Å². The van der Waals surface area contributed by atoms with Crippen LogP contribution < -0.4 is 5.43 Å². The lowest BCUT2D eigenvalue weighted by atomic mass is 9.70. The Morgan fingerprint density at radius 1 is 1.03 bits per heavy atom. The van der Waals surface area contributed by atoms with E-state index in [1.54, 1.807) is 12.3 Å². The normalized spacial score (nSPS) is 38.2. The highest BCUT2D eigenvalue weighted by atomic mass is 32.2. The SMILES string of the molecule is CC1(C)C2CC[C@]1(C)C(=NNC1=NC(O)(C(F)(F)F)C(F)(C(F)(F)C(F)(F)C(F)(F)F)S1)C2. The number of hydrazone groups is 1. The molecule has 2 bridgehead atoms. The molecule has 4 nitrogen and oxygen atoms in total. The summed E-state index contributed by atoms with van der Waals surface area (Å²) in [5, 5.41) is 5.90. The Morgan fingerprint density at radius 2 is 1.58 bits per heavy atom. The fourth-order valence-electron chi connectivity index (χ4n) is 4.62. The average molecular weight is 521 g/mol. The molecule has 0 amide bonds. The highest BCUT2D eigenvalue weighted by Crippen LogP contribution is 2.66. The lowest BCUT2D eigenvalue weighted by Gasteiger charge is -2.41. The molecule has 3 unspecified atom stereocenters. The van der Waals surface area contributed by atoms with Crippen LogP contribution in [-0.2, 0) is 0 Å². The van der Waals surface area contributed by atoms with Gasteiger partial charge in [0.05, 0.1) is 0 Å². The molecule has 0 radical (unpaired) electrons. The van der Waals surface area contributed by atoms with Gasteiger partial charge in [-0.25, -0.2) is 9.38 Å². The van der Waals surface area contributed by atoms with Gasteiger partial charge in [-0.2, -0.15) is 49.0 Å². The molecule has 0 saturated heterocycles. The molecule has 1 heterocycles. The second-order valence-electron chi connectivity index (χ2n) is 9.09. The van der Waals surface area contributed by atoms with Crippen molar-refractivity contribution in [2.45, 2.75) is 75.0 Å². The number of hydrogen-bond donors (Lipinski definition) is 2. The molecule has 1 aliphatic heterocycles. The third-order valence-corrected chi connectivity index (χ3v) is 8.50. The maximum absolute atomic E-state index is 15.0. The molecule has 3 rings (SSSR count). The number of fused-ring (bicyclic) bond motifs is 2. The van der Waals surface area contributed by atoms with E-state index in [9.17, 15) is 49.0 Å². The summed E-state index contributed by atoms with van der Waals surface area (Å²) >= 11 is -1.44. The molecule has 190 valence electrons. The highest BCUT2D eigenvalue weighted by molar-refractivity contribution is 8.15. The van der Waals surface area contributed by atoms with Crippen LogP contribution in [0.2, 0.25) is 0 Å². The van der Waals surface area contributed by atoms with Gasteiger partial charge in [0.25, 0.3) is 5.00 Å². The van der Waals surface area contributed by atoms with Crippen molar-refractivity contribution in [3.8, 4) is 0 Å². The first-order valence-corrected chi connectivity index (χ1v) is 10.2. The molecular formula is C17H18F11N3OS. The minimum Gasteiger partial charge on any atom is -0.359 e. The first-order valence-electron chi connectivity index (χ1n) is 9.42. The van der Waals surface area contributed by atoms with Crippen LogP contribution in [0, 0.1) is 16.7 Å². The second-order valence-corrected chi connectivity index (χ2v) is 10.2. The van der Waals surface area contributed by atoms with E-state index in [1.807, 2.05) is 13.8 Å². The van der Waals surface area contributed by atoms with E-state index in [-0.39, 0.29) is 11.3 Å². The molecule has 0 aromatic heterocycles. The van der Waals surface area contributed by atoms with Crippen molar-refractivity contribution < 1.29 is 53.4 Å². The Kier molecular flexibility index (Phi) is 5.48. The summed E-state index contributed by atoms with van der Waals surface area (Å²) in [5.41, 5.74) is -4.42. The Bertz CT molecular complexity index is 900. The van der Waals surface area contributed by atoms with Gasteiger partial charge >= 0.3 is 29.9 Å². The third kappa shape index (κ3) is 3.14. The van der Waals surface area contributed by atoms with Crippen LogP contribution in [0.15, 0.2) is 10.1 Å². The van der Waals surface area contributed by atoms with E-state index in [0.29, 0.717) is 18.6 Å². The number of halogens is 11. The summed E-state index contributed by atoms with van der Waals surface area (Å²) in [7, 11) is 0. The molecule has 3 aliphatic rings. The minimum atomic E-state index is -7.28. The van der Waals surface area contributed by atoms with Crippen LogP contribution in [0.5, 0.6) is 0 Å². The third-order valence-electron chi connectivity index (χ3n) is 7.30. The number of thioether (sulfide) groups is 1. The highest BCUT2D eigenvalue weighted by Gasteiger charge is 2.90. The van der Waals surface area contributed by atoms with E-state index in [1.165, 1.54) is 0 Å². The van der Waals surface area contributed by atoms with E-state index in [0.717, 1.165) is 6.42 Å². The standard InChI is InChI=1S/C17H18F11N3OS/c1-10(2)7-4-5-11(10,3)8(6-7)30-31-9-29-15(32,17(26,27)28)14(22,33-9)12(18,19)13(20,21)16(23,24)25/h7,32H,4-6H2,1-3H3,(H,29,31)/t7?,11-,14?,15?/m1/s1. The second kappa shape index (κ2) is 6.88. The molecule has 0 spiro atoms. The molecule has 2 aliphatic carbocycles. The lowest BCUT2D eigenvalue weighted by Crippen LogP contribution is -2.70. The smallest absolute Gasteiger partial charge is 0.359 e. The number of rotatable bonds is 3. The fourth-order valence-corrected chi connectivity index (χ4v) is 5.71. The van der Waals surface area contributed by atoms with Gasteiger partial charge in [0, 0.05) is 11.1 Å². The van der Waals surface area contributed by atoms with E-state index in [4.69, 9.17) is 0 Å². The zero-order valence-electron chi connectivity index (χ0n) is 17.1. The summed E-state index contributed by atoms with van der Waals surface area (Å²) in [6, 6.07) is 0. The first kappa shape index (κ1) is 26.3. The van der Waals surface area contributed by atoms with Gasteiger partial charge in [0.15, 0.2) is 5.17 Å². The van der Waals surface area contributed by atoms with Gasteiger partial charge in [0.1, 0.15) is 0 Å². The maximum Gasteiger partial charge on any atom is 0.460 e. The topological polar surface area (TPSA) is 57.0 Å². The molecule has 4 atom stereocenters. The van der Waals surface area contributed by atoms with Gasteiger partial charge < -0.3 is 5.11 Å². The predicted octanol–water partition coefficient (Wildman–Crippen LogP) is 5.63. The molecular weight excluding hydrogens is 503 g/mol. The Hall–Kier alpha value is -1.32. The Morgan fingerprint density at radius 3 is 1.97 bits per heavy atom. The largest absolute Gasteiger partial charge is 0.460 e. The molecule has 0 aromatic rings. The predicted molar refractivity (Wildman–Crippen MR) is 95.6 cm³/mol. The van der Waals surface area contributed by atoms with Crippen molar-refractivity contribution in [1.29, 1.82) is 0 Å². The number of amidine groups is 1. The monoisotopic (exact) mass is 521 g/mol. The summed E-state index contributed by atoms with van der Waals surface area (Å²) in [6.07, 6.45) is -11.9. The van der Waals surface area contributed by atoms with Crippen molar-refractivity contribution in [2.75, 3.05) is 0 Å². The van der Waals surface area contributed by atoms with Crippen LogP contribution in [0.1, 0.15) is 40.0 Å². The van der Waals surface area contributed by atoms with Crippen LogP contribution in [-0.4, -0.2) is 50.9 Å². The molecule has 33 heavy (non-hydrogen) atoms. The van der Waals surface area contributed by atoms with Gasteiger partial charge in [-0.3, -0.25) is 5.43 Å². The summed E-state index contributed by atoms with van der Waals surface area (Å²) in [6.45, 7) is 5.60. The number of aliphatic imine (C=N–C) groups is 1. The van der Waals surface area contributed by atoms with E-state index < -0.39 is 57.3 Å². The van der Waals surface area contributed by atoms with Crippen molar-refractivity contribution in [3.05, 3.63) is 0 Å². The zero-order chi connectivity index (χ0) is 25.7. The van der Waals surface area contributed by atoms with Crippen molar-refractivity contribution >= 4 is 22.6 Å². The van der Waals surface area contributed by atoms with Gasteiger partial charge in [0.2, 0.25) is 0 Å². The number of alkyl halides is 11. The lowest BCUT2D eigenvalue weighted by molar-refractivity contribution is -0.396. The zero-order valence-corrected chi connectivity index (χ0v) is 17.9. The molecule has 0 aromatic carbocycles. The Labute approximate surface area is 184 Å². The quantitative estimate of drug-likeness (QED) is 0.374. The van der Waals surface area contributed by atoms with E-state index >= 15 is 4.39 Å². The van der Waals surface area contributed by atoms with Crippen LogP contribution >= 0.6 is 11.8 Å². The molecule has 2 N–H and O–H groups in total. The molecule has 2 saturated carbocycles. The number of nitrogens with one attached hydrogen (secondary N) is 1. The van der Waals surface area contributed by atoms with E-state index in [2.05, 4.69) is 10.1 Å². The Balaban J connectivity index is 2.01. The maximum atomic E-state index is 15.0. The summed E-state index contributed by atoms with van der Waals surface area (Å²) in [4.78, 5) is 2.32. The fraction of sp³-hybridized carbons (Fsp3) is 0.882. The molecule has 16 heteroatoms.